The number of hydrazone groups is 1. The number of fused-ring (bicyclic) bond motifs is 1. The number of aromatic nitrogens is 1. The van der Waals surface area contributed by atoms with Crippen LogP contribution in [0.1, 0.15) is 5.56 Å². The standard InChI is InChI=1S/C20H19N3O4S.BrH/c1-24-16-5-3-13(9-18(16)25-2)11-21-23-20-22-15(12-28-20)14-4-6-17-19(10-14)27-8-7-26-17;/h3-6,9-12H,7-8H2,1-2H3,(H,22,23);1H. The van der Waals surface area contributed by atoms with Crippen molar-refractivity contribution >= 4 is 39.7 Å². The summed E-state index contributed by atoms with van der Waals surface area (Å²) in [7, 11) is 3.21. The molecule has 7 nitrogen and oxygen atoms in total. The maximum Gasteiger partial charge on any atom is 0.203 e. The number of thiazole rings is 1. The van der Waals surface area contributed by atoms with Crippen LogP contribution in [0.5, 0.6) is 23.0 Å². The molecular formula is C20H20BrN3O4S. The van der Waals surface area contributed by atoms with Crippen molar-refractivity contribution < 1.29 is 18.9 Å². The van der Waals surface area contributed by atoms with E-state index in [1.165, 1.54) is 11.3 Å². The van der Waals surface area contributed by atoms with Crippen LogP contribution in [0.15, 0.2) is 46.9 Å². The zero-order valence-corrected chi connectivity index (χ0v) is 18.4. The first-order valence-electron chi connectivity index (χ1n) is 8.63. The summed E-state index contributed by atoms with van der Waals surface area (Å²) in [6.07, 6.45) is 1.70. The Morgan fingerprint density at radius 2 is 1.83 bits per heavy atom. The molecule has 0 spiro atoms. The average Bonchev–Trinajstić information content (AvgIpc) is 3.22. The van der Waals surface area contributed by atoms with Gasteiger partial charge in [-0.3, -0.25) is 5.43 Å². The molecule has 0 fully saturated rings. The van der Waals surface area contributed by atoms with Crippen LogP contribution in [0.4, 0.5) is 5.13 Å². The SMILES string of the molecule is Br.COc1ccc(C=NNc2nc(-c3ccc4c(c3)OCCO4)cs2)cc1OC. The van der Waals surface area contributed by atoms with Gasteiger partial charge in [0.25, 0.3) is 0 Å². The first-order chi connectivity index (χ1) is 13.8. The van der Waals surface area contributed by atoms with E-state index in [4.69, 9.17) is 18.9 Å². The molecule has 3 aromatic rings. The van der Waals surface area contributed by atoms with Crippen molar-refractivity contribution in [3.8, 4) is 34.3 Å². The normalized spacial score (nSPS) is 12.3. The number of rotatable bonds is 6. The molecular weight excluding hydrogens is 458 g/mol. The molecule has 0 bridgehead atoms. The molecule has 0 saturated heterocycles. The van der Waals surface area contributed by atoms with E-state index in [9.17, 15) is 0 Å². The smallest absolute Gasteiger partial charge is 0.203 e. The highest BCUT2D eigenvalue weighted by Crippen LogP contribution is 2.35. The van der Waals surface area contributed by atoms with Crippen LogP contribution in [0.25, 0.3) is 11.3 Å². The van der Waals surface area contributed by atoms with Gasteiger partial charge in [-0.2, -0.15) is 5.10 Å². The van der Waals surface area contributed by atoms with Gasteiger partial charge in [-0.15, -0.1) is 28.3 Å². The predicted molar refractivity (Wildman–Crippen MR) is 120 cm³/mol. The molecule has 0 saturated carbocycles. The maximum absolute atomic E-state index is 5.63. The molecule has 1 aliphatic heterocycles. The lowest BCUT2D eigenvalue weighted by Gasteiger charge is -2.18. The van der Waals surface area contributed by atoms with Gasteiger partial charge >= 0.3 is 0 Å². The van der Waals surface area contributed by atoms with Gasteiger partial charge in [-0.25, -0.2) is 4.98 Å². The average molecular weight is 478 g/mol. The van der Waals surface area contributed by atoms with Gasteiger partial charge in [-0.1, -0.05) is 0 Å². The number of anilines is 1. The Hall–Kier alpha value is -2.78. The van der Waals surface area contributed by atoms with Gasteiger partial charge in [0.2, 0.25) is 5.13 Å². The van der Waals surface area contributed by atoms with E-state index in [0.717, 1.165) is 28.3 Å². The predicted octanol–water partition coefficient (Wildman–Crippen LogP) is 4.62. The number of hydrogen-bond acceptors (Lipinski definition) is 8. The Labute approximate surface area is 183 Å². The molecule has 0 amide bonds. The third-order valence-corrected chi connectivity index (χ3v) is 4.87. The highest BCUT2D eigenvalue weighted by atomic mass is 79.9. The number of methoxy groups -OCH3 is 2. The highest BCUT2D eigenvalue weighted by Gasteiger charge is 2.13. The molecule has 0 aliphatic carbocycles. The number of nitrogens with one attached hydrogen (secondary N) is 1. The topological polar surface area (TPSA) is 74.2 Å². The number of nitrogens with zero attached hydrogens (tertiary/aromatic N) is 2. The van der Waals surface area contributed by atoms with Crippen molar-refractivity contribution in [2.24, 2.45) is 5.10 Å². The molecule has 0 unspecified atom stereocenters. The zero-order chi connectivity index (χ0) is 19.3. The Morgan fingerprint density at radius 1 is 1.03 bits per heavy atom. The van der Waals surface area contributed by atoms with Crippen LogP contribution in [0.3, 0.4) is 0 Å². The summed E-state index contributed by atoms with van der Waals surface area (Å²) >= 11 is 1.48. The van der Waals surface area contributed by atoms with Gasteiger partial charge in [0, 0.05) is 10.9 Å². The Balaban J connectivity index is 0.00000240. The molecule has 1 aliphatic rings. The van der Waals surface area contributed by atoms with Crippen LogP contribution < -0.4 is 24.4 Å². The summed E-state index contributed by atoms with van der Waals surface area (Å²) in [5.41, 5.74) is 5.67. The first-order valence-corrected chi connectivity index (χ1v) is 9.51. The van der Waals surface area contributed by atoms with Crippen LogP contribution in [-0.2, 0) is 0 Å². The van der Waals surface area contributed by atoms with E-state index < -0.39 is 0 Å². The van der Waals surface area contributed by atoms with Gasteiger partial charge < -0.3 is 18.9 Å². The third-order valence-electron chi connectivity index (χ3n) is 4.12. The van der Waals surface area contributed by atoms with E-state index >= 15 is 0 Å². The summed E-state index contributed by atoms with van der Waals surface area (Å²) in [6.45, 7) is 1.14. The van der Waals surface area contributed by atoms with Crippen LogP contribution in [0, 0.1) is 0 Å². The molecule has 29 heavy (non-hydrogen) atoms. The molecule has 0 radical (unpaired) electrons. The van der Waals surface area contributed by atoms with Crippen molar-refractivity contribution in [3.05, 3.63) is 47.3 Å². The number of ether oxygens (including phenoxy) is 4. The lowest BCUT2D eigenvalue weighted by atomic mass is 10.1. The quantitative estimate of drug-likeness (QED) is 0.412. The summed E-state index contributed by atoms with van der Waals surface area (Å²) in [5, 5.41) is 6.92. The second kappa shape index (κ2) is 9.62. The second-order valence-corrected chi connectivity index (χ2v) is 6.74. The Bertz CT molecular complexity index is 1010. The lowest BCUT2D eigenvalue weighted by Crippen LogP contribution is -2.15. The molecule has 4 rings (SSSR count). The number of halogens is 1. The Morgan fingerprint density at radius 3 is 2.62 bits per heavy atom. The van der Waals surface area contributed by atoms with Crippen LogP contribution >= 0.6 is 28.3 Å². The van der Waals surface area contributed by atoms with Crippen molar-refractivity contribution in [3.63, 3.8) is 0 Å². The minimum Gasteiger partial charge on any atom is -0.493 e. The molecule has 2 heterocycles. The van der Waals surface area contributed by atoms with Gasteiger partial charge in [0.05, 0.1) is 26.1 Å². The van der Waals surface area contributed by atoms with Crippen molar-refractivity contribution in [1.82, 2.24) is 4.98 Å². The van der Waals surface area contributed by atoms with Crippen molar-refractivity contribution in [2.75, 3.05) is 32.9 Å². The van der Waals surface area contributed by atoms with E-state index in [1.807, 2.05) is 41.8 Å². The zero-order valence-electron chi connectivity index (χ0n) is 15.9. The van der Waals surface area contributed by atoms with Crippen LogP contribution in [0.2, 0.25) is 0 Å². The minimum absolute atomic E-state index is 0. The maximum atomic E-state index is 5.63. The monoisotopic (exact) mass is 477 g/mol. The van der Waals surface area contributed by atoms with E-state index in [-0.39, 0.29) is 17.0 Å². The molecule has 2 aromatic carbocycles. The summed E-state index contributed by atoms with van der Waals surface area (Å²) in [4.78, 5) is 4.57. The van der Waals surface area contributed by atoms with Gasteiger partial charge in [-0.05, 0) is 42.0 Å². The molecule has 0 atom stereocenters. The summed E-state index contributed by atoms with van der Waals surface area (Å²) < 4.78 is 21.7. The van der Waals surface area contributed by atoms with E-state index in [2.05, 4.69) is 15.5 Å². The fourth-order valence-electron chi connectivity index (χ4n) is 2.76. The van der Waals surface area contributed by atoms with E-state index in [0.29, 0.717) is 29.8 Å². The lowest BCUT2D eigenvalue weighted by molar-refractivity contribution is 0.171. The van der Waals surface area contributed by atoms with E-state index in [1.54, 1.807) is 20.4 Å². The summed E-state index contributed by atoms with van der Waals surface area (Å²) in [5.74, 6) is 2.85. The van der Waals surface area contributed by atoms with Crippen molar-refractivity contribution in [2.45, 2.75) is 0 Å². The third kappa shape index (κ3) is 4.80. The second-order valence-electron chi connectivity index (χ2n) is 5.88. The molecule has 1 aromatic heterocycles. The number of benzene rings is 2. The fourth-order valence-corrected chi connectivity index (χ4v) is 3.42. The highest BCUT2D eigenvalue weighted by molar-refractivity contribution is 8.93. The number of hydrogen-bond donors (Lipinski definition) is 1. The molecule has 9 heteroatoms. The minimum atomic E-state index is 0. The first kappa shape index (κ1) is 20.9. The Kier molecular flexibility index (Phi) is 6.95. The van der Waals surface area contributed by atoms with Crippen LogP contribution in [-0.4, -0.2) is 38.6 Å². The molecule has 152 valence electrons. The fraction of sp³-hybridized carbons (Fsp3) is 0.200. The van der Waals surface area contributed by atoms with Gasteiger partial charge in [0.15, 0.2) is 23.0 Å². The molecule has 1 N–H and O–H groups in total. The summed E-state index contributed by atoms with van der Waals surface area (Å²) in [6, 6.07) is 11.4. The van der Waals surface area contributed by atoms with Gasteiger partial charge in [0.1, 0.15) is 13.2 Å². The largest absolute Gasteiger partial charge is 0.493 e. The van der Waals surface area contributed by atoms with Crippen molar-refractivity contribution in [1.29, 1.82) is 0 Å².